The third-order valence-electron chi connectivity index (χ3n) is 3.67. The number of amides is 1. The van der Waals surface area contributed by atoms with Crippen LogP contribution in [0.3, 0.4) is 0 Å². The molecule has 12 heteroatoms. The van der Waals surface area contributed by atoms with E-state index in [1.165, 1.54) is 28.9 Å². The van der Waals surface area contributed by atoms with E-state index in [2.05, 4.69) is 25.6 Å². The van der Waals surface area contributed by atoms with Crippen molar-refractivity contribution >= 4 is 27.6 Å². The molecule has 0 fully saturated rings. The van der Waals surface area contributed by atoms with E-state index in [1.54, 1.807) is 31.5 Å². The van der Waals surface area contributed by atoms with E-state index in [1.807, 2.05) is 0 Å². The molecule has 2 aromatic heterocycles. The average Bonchev–Trinajstić information content (AvgIpc) is 3.07. The maximum absolute atomic E-state index is 12.2. The van der Waals surface area contributed by atoms with Crippen LogP contribution in [0.25, 0.3) is 5.69 Å². The van der Waals surface area contributed by atoms with Crippen molar-refractivity contribution in [1.29, 1.82) is 0 Å². The zero-order valence-corrected chi connectivity index (χ0v) is 15.5. The van der Waals surface area contributed by atoms with E-state index in [-0.39, 0.29) is 16.7 Å². The van der Waals surface area contributed by atoms with Crippen molar-refractivity contribution in [2.24, 2.45) is 10.2 Å². The maximum Gasteiger partial charge on any atom is 0.311 e. The number of carbonyl (C=O) groups is 1. The molecular weight excluding hydrogens is 384 g/mol. The summed E-state index contributed by atoms with van der Waals surface area (Å²) >= 11 is 0. The van der Waals surface area contributed by atoms with Gasteiger partial charge < -0.3 is 5.73 Å². The first-order valence-electron chi connectivity index (χ1n) is 7.86. The molecule has 0 unspecified atom stereocenters. The van der Waals surface area contributed by atoms with Gasteiger partial charge in [0.2, 0.25) is 21.8 Å². The molecule has 11 nitrogen and oxygen atoms in total. The summed E-state index contributed by atoms with van der Waals surface area (Å²) in [4.78, 5) is 20.0. The Labute approximate surface area is 160 Å². The van der Waals surface area contributed by atoms with Gasteiger partial charge >= 0.3 is 5.91 Å². The number of primary sulfonamides is 1. The molecule has 0 spiro atoms. The molecule has 0 atom stereocenters. The minimum absolute atomic E-state index is 0.0525. The number of hydrogen-bond acceptors (Lipinski definition) is 8. The smallest absolute Gasteiger partial charge is 0.311 e. The molecule has 1 amide bonds. The Balaban J connectivity index is 1.79. The fourth-order valence-electron chi connectivity index (χ4n) is 2.23. The van der Waals surface area contributed by atoms with E-state index < -0.39 is 15.9 Å². The van der Waals surface area contributed by atoms with Gasteiger partial charge in [-0.3, -0.25) is 9.78 Å². The van der Waals surface area contributed by atoms with Gasteiger partial charge in [-0.1, -0.05) is 0 Å². The number of sulfonamides is 1. The largest absolute Gasteiger partial charge is 0.368 e. The highest BCUT2D eigenvalue weighted by Crippen LogP contribution is 2.15. The highest BCUT2D eigenvalue weighted by atomic mass is 32.2. The third-order valence-corrected chi connectivity index (χ3v) is 4.60. The van der Waals surface area contributed by atoms with Crippen LogP contribution < -0.4 is 16.3 Å². The van der Waals surface area contributed by atoms with Crippen LogP contribution in [0.2, 0.25) is 0 Å². The van der Waals surface area contributed by atoms with Gasteiger partial charge in [0.1, 0.15) is 0 Å². The normalized spacial score (nSPS) is 12.0. The number of hydrazone groups is 1. The van der Waals surface area contributed by atoms with Crippen LogP contribution in [0.5, 0.6) is 0 Å². The molecule has 5 N–H and O–H groups in total. The molecule has 0 radical (unpaired) electrons. The van der Waals surface area contributed by atoms with Gasteiger partial charge in [-0.25, -0.2) is 19.0 Å². The number of anilines is 1. The number of nitrogens with zero attached hydrogens (tertiary/aromatic N) is 5. The number of rotatable bonds is 5. The van der Waals surface area contributed by atoms with Gasteiger partial charge in [-0.05, 0) is 43.3 Å². The van der Waals surface area contributed by atoms with Crippen LogP contribution in [0.4, 0.5) is 5.95 Å². The van der Waals surface area contributed by atoms with Crippen LogP contribution in [0.15, 0.2) is 58.8 Å². The van der Waals surface area contributed by atoms with Gasteiger partial charge in [0.05, 0.1) is 16.3 Å². The Bertz CT molecular complexity index is 1140. The minimum atomic E-state index is -3.82. The first kappa shape index (κ1) is 19.1. The minimum Gasteiger partial charge on any atom is -0.368 e. The maximum atomic E-state index is 12.2. The predicted octanol–water partition coefficient (Wildman–Crippen LogP) is 0.0459. The number of carbonyl (C=O) groups excluding carboxylic acids is 1. The topological polar surface area (TPSA) is 171 Å². The quantitative estimate of drug-likeness (QED) is 0.401. The van der Waals surface area contributed by atoms with Crippen LogP contribution >= 0.6 is 0 Å². The van der Waals surface area contributed by atoms with Crippen LogP contribution in [-0.2, 0) is 10.0 Å². The van der Waals surface area contributed by atoms with Crippen LogP contribution in [-0.4, -0.2) is 39.8 Å². The number of benzene rings is 1. The Morgan fingerprint density at radius 2 is 1.79 bits per heavy atom. The third kappa shape index (κ3) is 4.19. The number of aromatic nitrogens is 4. The molecule has 28 heavy (non-hydrogen) atoms. The van der Waals surface area contributed by atoms with E-state index in [0.29, 0.717) is 11.4 Å². The van der Waals surface area contributed by atoms with Crippen molar-refractivity contribution in [2.75, 3.05) is 5.73 Å². The Morgan fingerprint density at radius 3 is 2.39 bits per heavy atom. The molecule has 1 aromatic carbocycles. The highest BCUT2D eigenvalue weighted by molar-refractivity contribution is 7.89. The van der Waals surface area contributed by atoms with Gasteiger partial charge in [0.25, 0.3) is 0 Å². The number of nitrogens with two attached hydrogens (primary N) is 2. The van der Waals surface area contributed by atoms with E-state index >= 15 is 0 Å². The van der Waals surface area contributed by atoms with Gasteiger partial charge in [-0.15, -0.1) is 5.10 Å². The molecule has 3 rings (SSSR count). The van der Waals surface area contributed by atoms with Crippen molar-refractivity contribution in [2.45, 2.75) is 11.8 Å². The van der Waals surface area contributed by atoms with E-state index in [9.17, 15) is 13.2 Å². The second kappa shape index (κ2) is 7.54. The predicted molar refractivity (Wildman–Crippen MR) is 101 cm³/mol. The average molecular weight is 400 g/mol. The fourth-order valence-corrected chi connectivity index (χ4v) is 2.75. The number of pyridine rings is 1. The molecule has 0 aliphatic carbocycles. The molecule has 144 valence electrons. The number of nitrogens with one attached hydrogen (secondary N) is 1. The first-order valence-corrected chi connectivity index (χ1v) is 9.41. The SMILES string of the molecule is C/C(=N\NC(=O)c1nc(N)n(-c2ccc(S(N)(=O)=O)cc2)n1)c1ccncc1. The summed E-state index contributed by atoms with van der Waals surface area (Å²) < 4.78 is 23.8. The van der Waals surface area contributed by atoms with Crippen molar-refractivity contribution in [3.8, 4) is 5.69 Å². The Kier molecular flexibility index (Phi) is 5.15. The lowest BCUT2D eigenvalue weighted by Crippen LogP contribution is -2.21. The highest BCUT2D eigenvalue weighted by Gasteiger charge is 2.16. The van der Waals surface area contributed by atoms with Crippen molar-refractivity contribution < 1.29 is 13.2 Å². The second-order valence-electron chi connectivity index (χ2n) is 5.62. The zero-order chi connectivity index (χ0) is 20.3. The molecule has 0 saturated carbocycles. The van der Waals surface area contributed by atoms with Crippen molar-refractivity contribution in [1.82, 2.24) is 25.2 Å². The van der Waals surface area contributed by atoms with Crippen molar-refractivity contribution in [3.63, 3.8) is 0 Å². The van der Waals surface area contributed by atoms with E-state index in [4.69, 9.17) is 10.9 Å². The number of hydrogen-bond donors (Lipinski definition) is 3. The summed E-state index contributed by atoms with van der Waals surface area (Å²) in [6.07, 6.45) is 3.22. The van der Waals surface area contributed by atoms with E-state index in [0.717, 1.165) is 5.56 Å². The fraction of sp³-hybridized carbons (Fsp3) is 0.0625. The second-order valence-corrected chi connectivity index (χ2v) is 7.18. The lowest BCUT2D eigenvalue weighted by atomic mass is 10.2. The summed E-state index contributed by atoms with van der Waals surface area (Å²) in [6, 6.07) is 8.99. The zero-order valence-electron chi connectivity index (χ0n) is 14.6. The molecule has 3 aromatic rings. The lowest BCUT2D eigenvalue weighted by molar-refractivity contribution is 0.0944. The first-order chi connectivity index (χ1) is 13.3. The number of nitrogen functional groups attached to an aromatic ring is 1. The van der Waals surface area contributed by atoms with Gasteiger partial charge in [-0.2, -0.15) is 14.8 Å². The molecule has 0 aliphatic rings. The molecular formula is C16H16N8O3S. The summed E-state index contributed by atoms with van der Waals surface area (Å²) in [6.45, 7) is 1.73. The molecule has 0 bridgehead atoms. The van der Waals surface area contributed by atoms with Gasteiger partial charge in [0.15, 0.2) is 0 Å². The van der Waals surface area contributed by atoms with Crippen LogP contribution in [0, 0.1) is 0 Å². The summed E-state index contributed by atoms with van der Waals surface area (Å²) in [7, 11) is -3.82. The lowest BCUT2D eigenvalue weighted by Gasteiger charge is -2.03. The molecule has 2 heterocycles. The summed E-state index contributed by atoms with van der Waals surface area (Å²) in [5, 5.41) is 13.1. The monoisotopic (exact) mass is 400 g/mol. The Morgan fingerprint density at radius 1 is 1.14 bits per heavy atom. The van der Waals surface area contributed by atoms with Crippen molar-refractivity contribution in [3.05, 3.63) is 60.2 Å². The molecule has 0 aliphatic heterocycles. The standard InChI is InChI=1S/C16H16N8O3S/c1-10(11-6-8-19-9-7-11)21-22-15(25)14-20-16(17)24(23-14)12-2-4-13(5-3-12)28(18,26)27/h2-9H,1H3,(H,22,25)(H2,17,20,23)(H2,18,26,27)/b21-10+. The van der Waals surface area contributed by atoms with Gasteiger partial charge in [0, 0.05) is 18.0 Å². The summed E-state index contributed by atoms with van der Waals surface area (Å²) in [5.41, 5.74) is 9.94. The summed E-state index contributed by atoms with van der Waals surface area (Å²) in [5.74, 6) is -0.900. The molecule has 0 saturated heterocycles. The Hall–Kier alpha value is -3.64. The van der Waals surface area contributed by atoms with Crippen LogP contribution in [0.1, 0.15) is 23.1 Å².